The summed E-state index contributed by atoms with van der Waals surface area (Å²) in [5.74, 6) is -0.197. The Morgan fingerprint density at radius 3 is 2.52 bits per heavy atom. The van der Waals surface area contributed by atoms with Crippen molar-refractivity contribution in [3.05, 3.63) is 70.8 Å². The van der Waals surface area contributed by atoms with Gasteiger partial charge in [0.2, 0.25) is 5.91 Å². The first-order chi connectivity index (χ1) is 13.1. The fraction of sp³-hybridized carbons (Fsp3) is 0.318. The van der Waals surface area contributed by atoms with Crippen LogP contribution in [0, 0.1) is 11.3 Å². The van der Waals surface area contributed by atoms with Gasteiger partial charge in [-0.05, 0) is 36.6 Å². The Bertz CT molecular complexity index is 1000. The lowest BCUT2D eigenvalue weighted by molar-refractivity contribution is -0.134. The molecule has 2 fully saturated rings. The highest BCUT2D eigenvalue weighted by Gasteiger charge is 2.57. The monoisotopic (exact) mass is 358 g/mol. The average molecular weight is 358 g/mol. The Morgan fingerprint density at radius 1 is 1.07 bits per heavy atom. The maximum atomic E-state index is 13.3. The van der Waals surface area contributed by atoms with Gasteiger partial charge in [-0.3, -0.25) is 4.79 Å². The van der Waals surface area contributed by atoms with E-state index in [0.29, 0.717) is 30.6 Å². The van der Waals surface area contributed by atoms with Crippen LogP contribution in [0.15, 0.2) is 48.5 Å². The number of rotatable bonds is 2. The van der Waals surface area contributed by atoms with E-state index in [1.165, 1.54) is 0 Å². The number of fused-ring (bicyclic) bond motifs is 2. The average Bonchev–Trinajstić information content (AvgIpc) is 3.34. The molecule has 1 aliphatic carbocycles. The third kappa shape index (κ3) is 2.23. The SMILES string of the molecule is N#Cc1ccc(C2(C(=O)N3CC[C@@]4(C3)OC(=O)c3ccccc34)CC2)cc1. The van der Waals surface area contributed by atoms with Gasteiger partial charge in [0, 0.05) is 18.5 Å². The molecule has 1 amide bonds. The molecule has 2 heterocycles. The number of hydrogen-bond acceptors (Lipinski definition) is 4. The summed E-state index contributed by atoms with van der Waals surface area (Å²) in [5, 5.41) is 8.98. The normalized spacial score (nSPS) is 24.4. The van der Waals surface area contributed by atoms with Gasteiger partial charge in [-0.1, -0.05) is 30.3 Å². The molecule has 3 aliphatic rings. The minimum absolute atomic E-state index is 0.101. The first kappa shape index (κ1) is 16.1. The maximum Gasteiger partial charge on any atom is 0.339 e. The zero-order valence-corrected chi connectivity index (χ0v) is 14.8. The molecule has 1 saturated carbocycles. The summed E-state index contributed by atoms with van der Waals surface area (Å²) in [6, 6.07) is 16.9. The number of likely N-dealkylation sites (tertiary alicyclic amines) is 1. The fourth-order valence-electron chi connectivity index (χ4n) is 4.52. The van der Waals surface area contributed by atoms with Crippen LogP contribution in [0.4, 0.5) is 0 Å². The van der Waals surface area contributed by atoms with Crippen molar-refractivity contribution < 1.29 is 14.3 Å². The van der Waals surface area contributed by atoms with Crippen LogP contribution in [-0.4, -0.2) is 29.9 Å². The quantitative estimate of drug-likeness (QED) is 0.774. The van der Waals surface area contributed by atoms with Gasteiger partial charge in [0.1, 0.15) is 0 Å². The van der Waals surface area contributed by atoms with E-state index in [1.54, 1.807) is 18.2 Å². The zero-order valence-electron chi connectivity index (χ0n) is 14.8. The summed E-state index contributed by atoms with van der Waals surface area (Å²) < 4.78 is 5.76. The summed E-state index contributed by atoms with van der Waals surface area (Å²) in [7, 11) is 0. The van der Waals surface area contributed by atoms with E-state index in [9.17, 15) is 9.59 Å². The smallest absolute Gasteiger partial charge is 0.339 e. The number of nitrogens with zero attached hydrogens (tertiary/aromatic N) is 2. The maximum absolute atomic E-state index is 13.3. The van der Waals surface area contributed by atoms with Crippen LogP contribution < -0.4 is 0 Å². The molecule has 0 unspecified atom stereocenters. The molecule has 1 saturated heterocycles. The second-order valence-electron chi connectivity index (χ2n) is 7.68. The van der Waals surface area contributed by atoms with Crippen LogP contribution in [0.1, 0.15) is 46.3 Å². The molecular weight excluding hydrogens is 340 g/mol. The van der Waals surface area contributed by atoms with E-state index in [1.807, 2.05) is 35.2 Å². The van der Waals surface area contributed by atoms with Crippen molar-refractivity contribution in [1.82, 2.24) is 4.90 Å². The highest BCUT2D eigenvalue weighted by molar-refractivity contribution is 5.96. The second kappa shape index (κ2) is 5.43. The summed E-state index contributed by atoms with van der Waals surface area (Å²) in [6.45, 7) is 0.991. The molecule has 2 aliphatic heterocycles. The number of esters is 1. The van der Waals surface area contributed by atoms with E-state index in [-0.39, 0.29) is 11.9 Å². The molecule has 5 heteroatoms. The van der Waals surface area contributed by atoms with Crippen LogP contribution in [0.2, 0.25) is 0 Å². The van der Waals surface area contributed by atoms with Crippen LogP contribution >= 0.6 is 0 Å². The number of nitriles is 1. The van der Waals surface area contributed by atoms with Crippen LogP contribution in [0.5, 0.6) is 0 Å². The van der Waals surface area contributed by atoms with Gasteiger partial charge in [0.25, 0.3) is 0 Å². The van der Waals surface area contributed by atoms with Crippen molar-refractivity contribution in [3.63, 3.8) is 0 Å². The molecule has 27 heavy (non-hydrogen) atoms. The standard InChI is InChI=1S/C22H18N2O3/c23-13-15-5-7-16(8-6-15)21(9-10-21)20(26)24-12-11-22(14-24)18-4-2-1-3-17(18)19(25)27-22/h1-8H,9-12,14H2/t22-/m0/s1. The van der Waals surface area contributed by atoms with Crippen LogP contribution in [0.25, 0.3) is 0 Å². The van der Waals surface area contributed by atoms with Gasteiger partial charge in [0.15, 0.2) is 5.60 Å². The highest BCUT2D eigenvalue weighted by Crippen LogP contribution is 2.52. The summed E-state index contributed by atoms with van der Waals surface area (Å²) in [4.78, 5) is 27.4. The molecule has 2 aromatic carbocycles. The third-order valence-electron chi connectivity index (χ3n) is 6.17. The largest absolute Gasteiger partial charge is 0.449 e. The molecular formula is C22H18N2O3. The predicted molar refractivity (Wildman–Crippen MR) is 96.8 cm³/mol. The van der Waals surface area contributed by atoms with Crippen molar-refractivity contribution in [2.45, 2.75) is 30.3 Å². The van der Waals surface area contributed by atoms with Crippen LogP contribution in [-0.2, 0) is 20.5 Å². The fourth-order valence-corrected chi connectivity index (χ4v) is 4.52. The molecule has 1 atom stereocenters. The van der Waals surface area contributed by atoms with Gasteiger partial charge >= 0.3 is 5.97 Å². The summed E-state index contributed by atoms with van der Waals surface area (Å²) in [6.07, 6.45) is 2.26. The molecule has 1 spiro atoms. The molecule has 0 bridgehead atoms. The Hall–Kier alpha value is -3.13. The molecule has 0 radical (unpaired) electrons. The number of carbonyl (C=O) groups is 2. The Labute approximate surface area is 157 Å². The van der Waals surface area contributed by atoms with Crippen molar-refractivity contribution in [1.29, 1.82) is 5.26 Å². The molecule has 0 N–H and O–H groups in total. The van der Waals surface area contributed by atoms with E-state index in [4.69, 9.17) is 10.00 Å². The first-order valence-electron chi connectivity index (χ1n) is 9.21. The van der Waals surface area contributed by atoms with Crippen molar-refractivity contribution in [2.24, 2.45) is 0 Å². The van der Waals surface area contributed by atoms with Crippen molar-refractivity contribution >= 4 is 11.9 Å². The van der Waals surface area contributed by atoms with Crippen LogP contribution in [0.3, 0.4) is 0 Å². The first-order valence-corrected chi connectivity index (χ1v) is 9.21. The highest BCUT2D eigenvalue weighted by atomic mass is 16.6. The van der Waals surface area contributed by atoms with Gasteiger partial charge in [-0.15, -0.1) is 0 Å². The number of amides is 1. The molecule has 5 rings (SSSR count). The number of carbonyl (C=O) groups excluding carboxylic acids is 2. The zero-order chi connectivity index (χ0) is 18.6. The van der Waals surface area contributed by atoms with E-state index in [2.05, 4.69) is 6.07 Å². The van der Waals surface area contributed by atoms with E-state index < -0.39 is 11.0 Å². The minimum Gasteiger partial charge on any atom is -0.449 e. The summed E-state index contributed by atoms with van der Waals surface area (Å²) in [5.41, 5.74) is 1.88. The van der Waals surface area contributed by atoms with Gasteiger partial charge in [0.05, 0.1) is 29.2 Å². The second-order valence-corrected chi connectivity index (χ2v) is 7.68. The molecule has 5 nitrogen and oxygen atoms in total. The Balaban J connectivity index is 1.42. The molecule has 134 valence electrons. The lowest BCUT2D eigenvalue weighted by Gasteiger charge is -2.27. The third-order valence-corrected chi connectivity index (χ3v) is 6.17. The lowest BCUT2D eigenvalue weighted by Crippen LogP contribution is -2.40. The summed E-state index contributed by atoms with van der Waals surface area (Å²) >= 11 is 0. The number of benzene rings is 2. The number of hydrogen-bond donors (Lipinski definition) is 0. The van der Waals surface area contributed by atoms with Gasteiger partial charge in [-0.25, -0.2) is 4.79 Å². The van der Waals surface area contributed by atoms with Gasteiger partial charge in [-0.2, -0.15) is 5.26 Å². The van der Waals surface area contributed by atoms with E-state index >= 15 is 0 Å². The van der Waals surface area contributed by atoms with Crippen molar-refractivity contribution in [3.8, 4) is 6.07 Å². The van der Waals surface area contributed by atoms with E-state index in [0.717, 1.165) is 24.0 Å². The Morgan fingerprint density at radius 2 is 1.81 bits per heavy atom. The molecule has 0 aromatic heterocycles. The lowest BCUT2D eigenvalue weighted by atomic mass is 9.91. The predicted octanol–water partition coefficient (Wildman–Crippen LogP) is 2.89. The molecule has 2 aromatic rings. The van der Waals surface area contributed by atoms with Crippen molar-refractivity contribution in [2.75, 3.05) is 13.1 Å². The number of ether oxygens (including phenoxy) is 1. The minimum atomic E-state index is -0.704. The Kier molecular flexibility index (Phi) is 3.23. The topological polar surface area (TPSA) is 70.4 Å². The van der Waals surface area contributed by atoms with Gasteiger partial charge < -0.3 is 9.64 Å².